The number of aliphatic hydroxyl groups is 1. The first-order valence-electron chi connectivity index (χ1n) is 6.03. The van der Waals surface area contributed by atoms with E-state index in [0.29, 0.717) is 11.7 Å². The number of piperidine rings is 1. The Balaban J connectivity index is 2.25. The third kappa shape index (κ3) is 3.07. The molecule has 0 bridgehead atoms. The molecule has 4 nitrogen and oxygen atoms in total. The Morgan fingerprint density at radius 2 is 2.24 bits per heavy atom. The number of halogens is 1. The predicted octanol–water partition coefficient (Wildman–Crippen LogP) is 2.21. The summed E-state index contributed by atoms with van der Waals surface area (Å²) in [4.78, 5) is 10.8. The van der Waals surface area contributed by atoms with Crippen molar-refractivity contribution in [2.24, 2.45) is 0 Å². The van der Waals surface area contributed by atoms with Crippen LogP contribution in [-0.4, -0.2) is 34.3 Å². The van der Waals surface area contributed by atoms with Crippen LogP contribution in [0, 0.1) is 0 Å². The molecular weight excluding hydrogens is 238 g/mol. The third-order valence-electron chi connectivity index (χ3n) is 2.94. The first-order valence-corrected chi connectivity index (χ1v) is 6.41. The lowest BCUT2D eigenvalue weighted by Crippen LogP contribution is -2.38. The van der Waals surface area contributed by atoms with Crippen molar-refractivity contribution in [1.82, 2.24) is 9.97 Å². The molecule has 1 unspecified atom stereocenters. The number of β-amino-alcohol motifs (C(OH)–C–C–N with tert-alkyl or cyclic N) is 1. The molecule has 1 aliphatic rings. The number of hydrogen-bond donors (Lipinski definition) is 1. The van der Waals surface area contributed by atoms with E-state index in [2.05, 4.69) is 14.9 Å². The smallest absolute Gasteiger partial charge is 0.135 e. The zero-order chi connectivity index (χ0) is 12.4. The molecule has 1 aliphatic heterocycles. The second kappa shape index (κ2) is 5.19. The lowest BCUT2D eigenvalue weighted by atomic mass is 10.1. The highest BCUT2D eigenvalue weighted by Crippen LogP contribution is 2.22. The molecule has 2 heterocycles. The number of aliphatic hydroxyl groups excluding tert-OH is 1. The van der Waals surface area contributed by atoms with Crippen LogP contribution < -0.4 is 4.90 Å². The molecule has 1 aromatic rings. The van der Waals surface area contributed by atoms with E-state index in [4.69, 9.17) is 11.6 Å². The van der Waals surface area contributed by atoms with Crippen LogP contribution in [-0.2, 0) is 0 Å². The molecule has 1 fully saturated rings. The number of aromatic nitrogens is 2. The van der Waals surface area contributed by atoms with Gasteiger partial charge in [0.2, 0.25) is 0 Å². The van der Waals surface area contributed by atoms with Gasteiger partial charge in [0.25, 0.3) is 0 Å². The van der Waals surface area contributed by atoms with Crippen molar-refractivity contribution >= 4 is 17.4 Å². The van der Waals surface area contributed by atoms with Gasteiger partial charge < -0.3 is 10.0 Å². The summed E-state index contributed by atoms with van der Waals surface area (Å²) in [5.74, 6) is 1.84. The van der Waals surface area contributed by atoms with Crippen molar-refractivity contribution in [3.8, 4) is 0 Å². The molecular formula is C12H18ClN3O. The predicted molar refractivity (Wildman–Crippen MR) is 68.6 cm³/mol. The van der Waals surface area contributed by atoms with E-state index < -0.39 is 0 Å². The second-order valence-corrected chi connectivity index (χ2v) is 5.19. The zero-order valence-electron chi connectivity index (χ0n) is 10.2. The molecule has 0 spiro atoms. The lowest BCUT2D eigenvalue weighted by Gasteiger charge is -2.31. The van der Waals surface area contributed by atoms with Gasteiger partial charge in [0.1, 0.15) is 16.8 Å². The average molecular weight is 256 g/mol. The van der Waals surface area contributed by atoms with Crippen molar-refractivity contribution in [1.29, 1.82) is 0 Å². The summed E-state index contributed by atoms with van der Waals surface area (Å²) in [7, 11) is 0. The van der Waals surface area contributed by atoms with Crippen molar-refractivity contribution in [3.63, 3.8) is 0 Å². The van der Waals surface area contributed by atoms with E-state index >= 15 is 0 Å². The van der Waals surface area contributed by atoms with Crippen LogP contribution in [0.3, 0.4) is 0 Å². The van der Waals surface area contributed by atoms with Crippen LogP contribution in [0.15, 0.2) is 6.07 Å². The van der Waals surface area contributed by atoms with E-state index in [1.165, 1.54) is 0 Å². The summed E-state index contributed by atoms with van der Waals surface area (Å²) in [6.45, 7) is 5.63. The van der Waals surface area contributed by atoms with Gasteiger partial charge >= 0.3 is 0 Å². The molecule has 0 amide bonds. The minimum Gasteiger partial charge on any atom is -0.391 e. The summed E-state index contributed by atoms with van der Waals surface area (Å²) < 4.78 is 0. The van der Waals surface area contributed by atoms with Gasteiger partial charge in [-0.2, -0.15) is 0 Å². The number of nitrogens with zero attached hydrogens (tertiary/aromatic N) is 3. The fourth-order valence-electron chi connectivity index (χ4n) is 2.01. The number of hydrogen-bond acceptors (Lipinski definition) is 4. The maximum atomic E-state index is 9.67. The van der Waals surface area contributed by atoms with Gasteiger partial charge in [-0.15, -0.1) is 0 Å². The van der Waals surface area contributed by atoms with Crippen molar-refractivity contribution in [2.45, 2.75) is 38.7 Å². The maximum Gasteiger partial charge on any atom is 0.135 e. The Bertz CT molecular complexity index is 397. The molecule has 1 aromatic heterocycles. The summed E-state index contributed by atoms with van der Waals surface area (Å²) in [6, 6.07) is 1.77. The normalized spacial score (nSPS) is 21.0. The molecule has 0 aromatic carbocycles. The molecule has 17 heavy (non-hydrogen) atoms. The average Bonchev–Trinajstić information content (AvgIpc) is 2.28. The Hall–Kier alpha value is -0.870. The highest BCUT2D eigenvalue weighted by atomic mass is 35.5. The highest BCUT2D eigenvalue weighted by Gasteiger charge is 2.20. The Labute approximate surface area is 107 Å². The molecule has 0 saturated carbocycles. The van der Waals surface area contributed by atoms with E-state index in [1.54, 1.807) is 6.07 Å². The molecule has 1 atom stereocenters. The van der Waals surface area contributed by atoms with Crippen LogP contribution in [0.1, 0.15) is 38.4 Å². The summed E-state index contributed by atoms with van der Waals surface area (Å²) in [6.07, 6.45) is 1.59. The van der Waals surface area contributed by atoms with E-state index in [-0.39, 0.29) is 12.0 Å². The zero-order valence-corrected chi connectivity index (χ0v) is 11.0. The van der Waals surface area contributed by atoms with Crippen molar-refractivity contribution in [2.75, 3.05) is 18.0 Å². The molecule has 2 rings (SSSR count). The van der Waals surface area contributed by atoms with Crippen molar-refractivity contribution in [3.05, 3.63) is 17.0 Å². The molecule has 1 saturated heterocycles. The van der Waals surface area contributed by atoms with Gasteiger partial charge in [-0.25, -0.2) is 9.97 Å². The fraction of sp³-hybridized carbons (Fsp3) is 0.667. The van der Waals surface area contributed by atoms with Gasteiger partial charge in [0.05, 0.1) is 6.10 Å². The number of rotatable bonds is 2. The SMILES string of the molecule is CC(C)c1nc(Cl)cc(N2CCCC(O)C2)n1. The third-order valence-corrected chi connectivity index (χ3v) is 3.13. The van der Waals surface area contributed by atoms with E-state index in [0.717, 1.165) is 31.0 Å². The van der Waals surface area contributed by atoms with E-state index in [9.17, 15) is 5.11 Å². The van der Waals surface area contributed by atoms with E-state index in [1.807, 2.05) is 13.8 Å². The van der Waals surface area contributed by atoms with Crippen LogP contribution in [0.5, 0.6) is 0 Å². The lowest BCUT2D eigenvalue weighted by molar-refractivity contribution is 0.154. The van der Waals surface area contributed by atoms with Gasteiger partial charge in [0.15, 0.2) is 0 Å². The standard InChI is InChI=1S/C12H18ClN3O/c1-8(2)12-14-10(13)6-11(15-12)16-5-3-4-9(17)7-16/h6,8-9,17H,3-5,7H2,1-2H3. The van der Waals surface area contributed by atoms with Crippen LogP contribution >= 0.6 is 11.6 Å². The highest BCUT2D eigenvalue weighted by molar-refractivity contribution is 6.29. The molecule has 5 heteroatoms. The van der Waals surface area contributed by atoms with Gasteiger partial charge in [-0.05, 0) is 12.8 Å². The van der Waals surface area contributed by atoms with Gasteiger partial charge in [0, 0.05) is 25.1 Å². The minimum atomic E-state index is -0.264. The first kappa shape index (κ1) is 12.6. The Kier molecular flexibility index (Phi) is 3.84. The molecule has 1 N–H and O–H groups in total. The molecule has 0 aliphatic carbocycles. The van der Waals surface area contributed by atoms with Gasteiger partial charge in [-0.1, -0.05) is 25.4 Å². The number of anilines is 1. The summed E-state index contributed by atoms with van der Waals surface area (Å²) in [5, 5.41) is 10.1. The van der Waals surface area contributed by atoms with Crippen LogP contribution in [0.4, 0.5) is 5.82 Å². The fourth-order valence-corrected chi connectivity index (χ4v) is 2.19. The maximum absolute atomic E-state index is 9.67. The molecule has 0 radical (unpaired) electrons. The topological polar surface area (TPSA) is 49.2 Å². The monoisotopic (exact) mass is 255 g/mol. The quantitative estimate of drug-likeness (QED) is 0.824. The second-order valence-electron chi connectivity index (χ2n) is 4.80. The summed E-state index contributed by atoms with van der Waals surface area (Å²) >= 11 is 6.01. The largest absolute Gasteiger partial charge is 0.391 e. The Morgan fingerprint density at radius 1 is 1.47 bits per heavy atom. The van der Waals surface area contributed by atoms with Crippen LogP contribution in [0.25, 0.3) is 0 Å². The summed E-state index contributed by atoms with van der Waals surface area (Å²) in [5.41, 5.74) is 0. The van der Waals surface area contributed by atoms with Gasteiger partial charge in [-0.3, -0.25) is 0 Å². The van der Waals surface area contributed by atoms with Crippen molar-refractivity contribution < 1.29 is 5.11 Å². The van der Waals surface area contributed by atoms with Crippen LogP contribution in [0.2, 0.25) is 5.15 Å². The Morgan fingerprint density at radius 3 is 2.88 bits per heavy atom. The first-order chi connectivity index (χ1) is 8.06. The molecule has 94 valence electrons. The minimum absolute atomic E-state index is 0.252.